The third kappa shape index (κ3) is 3.82. The van der Waals surface area contributed by atoms with E-state index in [-0.39, 0.29) is 10.8 Å². The normalized spacial score (nSPS) is 11.7. The second kappa shape index (κ2) is 6.86. The molecule has 0 fully saturated rings. The van der Waals surface area contributed by atoms with Gasteiger partial charge in [-0.05, 0) is 35.4 Å². The van der Waals surface area contributed by atoms with Crippen molar-refractivity contribution in [3.05, 3.63) is 57.6 Å². The highest BCUT2D eigenvalue weighted by Crippen LogP contribution is 2.37. The van der Waals surface area contributed by atoms with Crippen molar-refractivity contribution in [2.24, 2.45) is 0 Å². The summed E-state index contributed by atoms with van der Waals surface area (Å²) in [7, 11) is -3.66. The van der Waals surface area contributed by atoms with Crippen LogP contribution in [0.3, 0.4) is 0 Å². The molecule has 0 spiro atoms. The Kier molecular flexibility index (Phi) is 4.92. The number of nitrogens with one attached hydrogen (secondary N) is 1. The Morgan fingerprint density at radius 2 is 1.85 bits per heavy atom. The van der Waals surface area contributed by atoms with Crippen molar-refractivity contribution in [2.45, 2.75) is 11.3 Å². The lowest BCUT2D eigenvalue weighted by Gasteiger charge is -2.11. The van der Waals surface area contributed by atoms with Crippen molar-refractivity contribution in [3.63, 3.8) is 0 Å². The third-order valence-corrected chi connectivity index (χ3v) is 5.37. The van der Waals surface area contributed by atoms with Crippen molar-refractivity contribution in [1.82, 2.24) is 15.2 Å². The minimum absolute atomic E-state index is 0.134. The van der Waals surface area contributed by atoms with E-state index < -0.39 is 15.7 Å². The number of nitrogen functional groups attached to an aromatic ring is 1. The number of benzene rings is 2. The van der Waals surface area contributed by atoms with Gasteiger partial charge in [-0.1, -0.05) is 29.3 Å². The lowest BCUT2D eigenvalue weighted by atomic mass is 10.0. The molecule has 3 aromatic rings. The van der Waals surface area contributed by atoms with E-state index in [2.05, 4.69) is 15.2 Å². The number of anilines is 1. The fourth-order valence-electron chi connectivity index (χ4n) is 2.54. The molecular formula is C16H13Cl2FN4O2S. The summed E-state index contributed by atoms with van der Waals surface area (Å²) in [6.45, 7) is 0. The van der Waals surface area contributed by atoms with E-state index in [4.69, 9.17) is 28.9 Å². The monoisotopic (exact) mass is 414 g/mol. The zero-order valence-corrected chi connectivity index (χ0v) is 15.8. The van der Waals surface area contributed by atoms with E-state index >= 15 is 0 Å². The summed E-state index contributed by atoms with van der Waals surface area (Å²) in [6, 6.07) is 7.09. The number of hydrogen-bond acceptors (Lipinski definition) is 5. The predicted octanol–water partition coefficient (Wildman–Crippen LogP) is 3.49. The summed E-state index contributed by atoms with van der Waals surface area (Å²) in [5.41, 5.74) is 7.01. The van der Waals surface area contributed by atoms with Crippen molar-refractivity contribution in [1.29, 1.82) is 0 Å². The van der Waals surface area contributed by atoms with E-state index in [0.29, 0.717) is 33.4 Å². The largest absolute Gasteiger partial charge is 0.367 e. The van der Waals surface area contributed by atoms with Crippen LogP contribution in [0.5, 0.6) is 0 Å². The molecule has 0 saturated carbocycles. The molecule has 10 heteroatoms. The zero-order chi connectivity index (χ0) is 19.1. The van der Waals surface area contributed by atoms with Gasteiger partial charge in [-0.15, -0.1) is 5.10 Å². The fourth-order valence-corrected chi connectivity index (χ4v) is 4.02. The zero-order valence-electron chi connectivity index (χ0n) is 13.4. The van der Waals surface area contributed by atoms with E-state index in [1.54, 1.807) is 12.1 Å². The first-order valence-corrected chi connectivity index (χ1v) is 9.94. The summed E-state index contributed by atoms with van der Waals surface area (Å²) >= 11 is 12.7. The van der Waals surface area contributed by atoms with Crippen LogP contribution < -0.4 is 5.73 Å². The van der Waals surface area contributed by atoms with Crippen LogP contribution in [0.25, 0.3) is 11.1 Å². The maximum Gasteiger partial charge on any atom is 0.239 e. The van der Waals surface area contributed by atoms with Crippen LogP contribution in [0.4, 0.5) is 10.3 Å². The molecule has 6 nitrogen and oxygen atoms in total. The standard InChI is InChI=1S/C16H13Cl2FN4O2S/c1-26(24,25)13-3-2-9(7-12(13)19)15-10(17)4-8(5-11(15)18)6-14-21-16(20)23-22-14/h2-5,7H,6H2,1H3,(H3,20,21,22,23). The summed E-state index contributed by atoms with van der Waals surface area (Å²) in [4.78, 5) is 3.63. The molecule has 0 bridgehead atoms. The average Bonchev–Trinajstić information content (AvgIpc) is 2.90. The van der Waals surface area contributed by atoms with Gasteiger partial charge in [0.15, 0.2) is 9.84 Å². The second-order valence-electron chi connectivity index (χ2n) is 5.67. The molecule has 3 rings (SSSR count). The third-order valence-electron chi connectivity index (χ3n) is 3.64. The first-order valence-electron chi connectivity index (χ1n) is 7.30. The molecule has 0 aliphatic carbocycles. The van der Waals surface area contributed by atoms with Gasteiger partial charge in [0.25, 0.3) is 0 Å². The highest BCUT2D eigenvalue weighted by Gasteiger charge is 2.17. The van der Waals surface area contributed by atoms with Crippen LogP contribution >= 0.6 is 23.2 Å². The molecule has 2 aromatic carbocycles. The molecule has 1 aromatic heterocycles. The number of aromatic nitrogens is 3. The molecule has 0 aliphatic rings. The van der Waals surface area contributed by atoms with E-state index in [1.807, 2.05) is 0 Å². The van der Waals surface area contributed by atoms with Gasteiger partial charge < -0.3 is 5.73 Å². The molecule has 26 heavy (non-hydrogen) atoms. The quantitative estimate of drug-likeness (QED) is 0.679. The predicted molar refractivity (Wildman–Crippen MR) is 98.6 cm³/mol. The SMILES string of the molecule is CS(=O)(=O)c1ccc(-c2c(Cl)cc(Cc3nc(N)n[nH]3)cc2Cl)cc1F. The lowest BCUT2D eigenvalue weighted by molar-refractivity contribution is 0.571. The van der Waals surface area contributed by atoms with E-state index in [9.17, 15) is 12.8 Å². The molecule has 0 atom stereocenters. The van der Waals surface area contributed by atoms with E-state index in [0.717, 1.165) is 17.9 Å². The van der Waals surface area contributed by atoms with Gasteiger partial charge >= 0.3 is 0 Å². The van der Waals surface area contributed by atoms with Gasteiger partial charge in [-0.3, -0.25) is 5.10 Å². The van der Waals surface area contributed by atoms with Crippen molar-refractivity contribution in [2.75, 3.05) is 12.0 Å². The van der Waals surface area contributed by atoms with Crippen LogP contribution in [0.1, 0.15) is 11.4 Å². The van der Waals surface area contributed by atoms with Crippen molar-refractivity contribution >= 4 is 39.0 Å². The number of nitrogens with zero attached hydrogens (tertiary/aromatic N) is 2. The number of halogens is 3. The van der Waals surface area contributed by atoms with Crippen molar-refractivity contribution in [3.8, 4) is 11.1 Å². The Hall–Kier alpha value is -2.16. The van der Waals surface area contributed by atoms with Gasteiger partial charge in [0.1, 0.15) is 16.5 Å². The van der Waals surface area contributed by atoms with Gasteiger partial charge in [0.2, 0.25) is 5.95 Å². The fraction of sp³-hybridized carbons (Fsp3) is 0.125. The molecule has 3 N–H and O–H groups in total. The molecular weight excluding hydrogens is 402 g/mol. The number of aromatic amines is 1. The topological polar surface area (TPSA) is 102 Å². The van der Waals surface area contributed by atoms with Gasteiger partial charge in [-0.25, -0.2) is 12.8 Å². The van der Waals surface area contributed by atoms with Crippen LogP contribution in [0, 0.1) is 5.82 Å². The molecule has 0 unspecified atom stereocenters. The Bertz CT molecular complexity index is 1080. The number of nitrogens with two attached hydrogens (primary N) is 1. The molecule has 1 heterocycles. The van der Waals surface area contributed by atoms with Crippen LogP contribution in [0.15, 0.2) is 35.2 Å². The average molecular weight is 415 g/mol. The first kappa shape index (κ1) is 18.6. The minimum Gasteiger partial charge on any atom is -0.367 e. The van der Waals surface area contributed by atoms with Gasteiger partial charge in [0.05, 0.1) is 10.0 Å². The number of hydrogen-bond donors (Lipinski definition) is 2. The minimum atomic E-state index is -3.66. The second-order valence-corrected chi connectivity index (χ2v) is 8.47. The number of H-pyrrole nitrogens is 1. The first-order chi connectivity index (χ1) is 12.1. The van der Waals surface area contributed by atoms with Crippen LogP contribution in [0.2, 0.25) is 10.0 Å². The Labute approximate surface area is 159 Å². The Morgan fingerprint density at radius 3 is 2.35 bits per heavy atom. The number of rotatable bonds is 4. The smallest absolute Gasteiger partial charge is 0.239 e. The maximum absolute atomic E-state index is 14.2. The molecule has 0 aliphatic heterocycles. The van der Waals surface area contributed by atoms with Gasteiger partial charge in [-0.2, -0.15) is 4.98 Å². The van der Waals surface area contributed by atoms with E-state index in [1.165, 1.54) is 12.1 Å². The summed E-state index contributed by atoms with van der Waals surface area (Å²) in [5.74, 6) is -0.181. The molecule has 0 saturated heterocycles. The van der Waals surface area contributed by atoms with Crippen LogP contribution in [-0.2, 0) is 16.3 Å². The highest BCUT2D eigenvalue weighted by molar-refractivity contribution is 7.90. The summed E-state index contributed by atoms with van der Waals surface area (Å²) < 4.78 is 37.2. The molecule has 0 radical (unpaired) electrons. The van der Waals surface area contributed by atoms with Crippen LogP contribution in [-0.4, -0.2) is 29.9 Å². The molecule has 0 amide bonds. The lowest BCUT2D eigenvalue weighted by Crippen LogP contribution is -2.01. The number of sulfone groups is 1. The Balaban J connectivity index is 2.00. The molecule has 136 valence electrons. The maximum atomic E-state index is 14.2. The van der Waals surface area contributed by atoms with Gasteiger partial charge in [0, 0.05) is 18.2 Å². The Morgan fingerprint density at radius 1 is 1.19 bits per heavy atom. The summed E-state index contributed by atoms with van der Waals surface area (Å²) in [6.07, 6.45) is 1.32. The van der Waals surface area contributed by atoms with Crippen molar-refractivity contribution < 1.29 is 12.8 Å². The highest BCUT2D eigenvalue weighted by atomic mass is 35.5. The summed E-state index contributed by atoms with van der Waals surface area (Å²) in [5, 5.41) is 7.03.